The number of para-hydroxylation sites is 4. The number of hydrogen-bond acceptors (Lipinski definition) is 3. The first-order chi connectivity index (χ1) is 41.8. The minimum atomic E-state index is -1.63. The van der Waals surface area contributed by atoms with E-state index in [2.05, 4.69) is 273 Å². The van der Waals surface area contributed by atoms with E-state index in [4.69, 9.17) is 9.72 Å². The molecule has 0 unspecified atom stereocenters. The zero-order chi connectivity index (χ0) is 59.9. The molecule has 0 saturated heterocycles. The van der Waals surface area contributed by atoms with Crippen LogP contribution in [0.3, 0.4) is 0 Å². The number of fused-ring (bicyclic) bond motifs is 13. The maximum absolute atomic E-state index is 9.64. The molecule has 10 aromatic carbocycles. The number of nitrogens with zero attached hydrogens (tertiary/aromatic N) is 5. The van der Waals surface area contributed by atoms with Gasteiger partial charge in [0.1, 0.15) is 5.82 Å². The number of benzene rings is 10. The fraction of sp³-hybridized carbons (Fsp3) is 0.165. The Morgan fingerprint density at radius 1 is 0.477 bits per heavy atom. The van der Waals surface area contributed by atoms with Crippen LogP contribution >= 0.6 is 0 Å². The van der Waals surface area contributed by atoms with Crippen LogP contribution in [0.4, 0.5) is 11.4 Å². The third kappa shape index (κ3) is 9.29. The first-order valence-corrected chi connectivity index (χ1v) is 29.5. The van der Waals surface area contributed by atoms with Gasteiger partial charge in [0.05, 0.1) is 11.0 Å². The Hall–Kier alpha value is -9.09. The van der Waals surface area contributed by atoms with E-state index in [-0.39, 0.29) is 31.9 Å². The van der Waals surface area contributed by atoms with Gasteiger partial charge in [-0.1, -0.05) is 207 Å². The van der Waals surface area contributed by atoms with Crippen molar-refractivity contribution < 1.29 is 28.5 Å². The standard InChI is InChI=1S/C79H66N5O.Pt/c1-77(2,3)48-50-41-51(43-53(42-50)79(7,8)9)58-29-19-30-66-61-25-12-10-23-59(61)60-24-11-13-26-62(60)67-31-20-34-72-76(67)82(75(58)66)49-81(72)54-21-18-22-56(45-54)85-57-36-37-65-68-46-55(83-69-32-16-14-27-63(69)64-28-15-17-33-70(64)83)35-38-71(68)84(73(65)47-57)74-44-52(39-40-80-74)78(4,5)6;/h10-44,46,49H,48H2,1-9H3;/q-3;/i48D2;. The third-order valence-corrected chi connectivity index (χ3v) is 16.9. The third-order valence-electron chi connectivity index (χ3n) is 16.9. The second kappa shape index (κ2) is 20.6. The Bertz CT molecular complexity index is 5190. The summed E-state index contributed by atoms with van der Waals surface area (Å²) >= 11 is 0. The van der Waals surface area contributed by atoms with Gasteiger partial charge in [0.15, 0.2) is 0 Å². The van der Waals surface area contributed by atoms with Crippen molar-refractivity contribution in [2.24, 2.45) is 5.41 Å². The Labute approximate surface area is 520 Å². The summed E-state index contributed by atoms with van der Waals surface area (Å²) in [6.45, 7) is 21.5. The van der Waals surface area contributed by atoms with Crippen LogP contribution in [-0.4, -0.2) is 18.7 Å². The van der Waals surface area contributed by atoms with E-state index >= 15 is 0 Å². The molecule has 0 aliphatic carbocycles. The van der Waals surface area contributed by atoms with Crippen LogP contribution in [0, 0.1) is 24.2 Å². The van der Waals surface area contributed by atoms with E-state index in [0.717, 1.165) is 116 Å². The summed E-state index contributed by atoms with van der Waals surface area (Å²) in [4.78, 5) is 7.26. The number of aromatic nitrogens is 4. The van der Waals surface area contributed by atoms with Crippen LogP contribution in [-0.2, 0) is 38.3 Å². The zero-order valence-corrected chi connectivity index (χ0v) is 52.1. The Morgan fingerprint density at radius 3 is 1.72 bits per heavy atom. The second-order valence-electron chi connectivity index (χ2n) is 25.9. The summed E-state index contributed by atoms with van der Waals surface area (Å²) in [7, 11) is 0. The molecule has 0 atom stereocenters. The predicted octanol–water partition coefficient (Wildman–Crippen LogP) is 21.2. The average molecular weight is 1300 g/mol. The molecule has 0 fully saturated rings. The first-order valence-electron chi connectivity index (χ1n) is 30.5. The Morgan fingerprint density at radius 2 is 1.06 bits per heavy atom. The van der Waals surface area contributed by atoms with E-state index in [0.29, 0.717) is 17.1 Å². The van der Waals surface area contributed by atoms with Gasteiger partial charge in [-0.05, 0) is 154 Å². The SMILES string of the molecule is [2H]C([2H])(c1cc(-c2cccc3c4ccccc4c4ccccc4c4cccc5c4n(c23)[CH-]N5c2[c-]c(Oc3[c-]c4c(cc3)c3cc(-n5c6ccccc6c6ccccc65)ccc3n4-c3cc(C(C)(C)C)ccn3)ccc2)cc(C(C)(C)C)c1)C(C)(C)C.[Pt]. The summed E-state index contributed by atoms with van der Waals surface area (Å²) in [6.07, 6.45) is 0.282. The Kier molecular flexibility index (Phi) is 12.5. The maximum Gasteiger partial charge on any atom is 0.135 e. The van der Waals surface area contributed by atoms with E-state index in [1.165, 1.54) is 16.3 Å². The van der Waals surface area contributed by atoms with E-state index in [1.807, 2.05) is 45.2 Å². The van der Waals surface area contributed by atoms with Gasteiger partial charge in [0.2, 0.25) is 0 Å². The molecular formula is C79H66N5OPt-3. The molecule has 86 heavy (non-hydrogen) atoms. The fourth-order valence-electron chi connectivity index (χ4n) is 13.0. The van der Waals surface area contributed by atoms with Gasteiger partial charge in [0, 0.05) is 69.2 Å². The first kappa shape index (κ1) is 52.5. The second-order valence-corrected chi connectivity index (χ2v) is 25.9. The molecule has 15 rings (SSSR count). The number of pyridine rings is 1. The number of ether oxygens (including phenoxy) is 1. The number of rotatable bonds is 7. The molecule has 0 saturated carbocycles. The van der Waals surface area contributed by atoms with Crippen LogP contribution in [0.25, 0.3) is 110 Å². The molecule has 4 aromatic heterocycles. The fourth-order valence-corrected chi connectivity index (χ4v) is 13.0. The van der Waals surface area contributed by atoms with E-state index in [1.54, 1.807) is 0 Å². The van der Waals surface area contributed by atoms with Crippen molar-refractivity contribution in [2.45, 2.75) is 79.5 Å². The van der Waals surface area contributed by atoms with Gasteiger partial charge in [-0.25, -0.2) is 4.98 Å². The molecule has 7 heteroatoms. The van der Waals surface area contributed by atoms with Crippen LogP contribution in [0.15, 0.2) is 219 Å². The minimum Gasteiger partial charge on any atom is -0.509 e. The molecule has 0 radical (unpaired) electrons. The van der Waals surface area contributed by atoms with Crippen molar-refractivity contribution in [1.29, 1.82) is 0 Å². The topological polar surface area (TPSA) is 40.1 Å². The molecule has 426 valence electrons. The summed E-state index contributed by atoms with van der Waals surface area (Å²) in [6, 6.07) is 83.2. The molecule has 0 bridgehead atoms. The van der Waals surface area contributed by atoms with E-state index < -0.39 is 11.8 Å². The summed E-state index contributed by atoms with van der Waals surface area (Å²) in [5.41, 5.74) is 12.9. The van der Waals surface area contributed by atoms with Crippen molar-refractivity contribution in [2.75, 3.05) is 4.90 Å². The summed E-state index contributed by atoms with van der Waals surface area (Å²) in [5, 5.41) is 11.2. The smallest absolute Gasteiger partial charge is 0.135 e. The number of hydrogen-bond donors (Lipinski definition) is 0. The van der Waals surface area contributed by atoms with Crippen LogP contribution < -0.4 is 9.64 Å². The summed E-state index contributed by atoms with van der Waals surface area (Å²) in [5.74, 6) is 1.90. The molecular weight excluding hydrogens is 1230 g/mol. The Balaban J connectivity index is 0.00000680. The van der Waals surface area contributed by atoms with Crippen molar-refractivity contribution in [1.82, 2.24) is 18.7 Å². The molecule has 6 nitrogen and oxygen atoms in total. The molecule has 5 heterocycles. The van der Waals surface area contributed by atoms with Gasteiger partial charge in [-0.3, -0.25) is 0 Å². The van der Waals surface area contributed by atoms with Crippen LogP contribution in [0.5, 0.6) is 11.5 Å². The van der Waals surface area contributed by atoms with Crippen molar-refractivity contribution in [3.8, 4) is 34.1 Å². The van der Waals surface area contributed by atoms with Gasteiger partial charge in [0.25, 0.3) is 0 Å². The molecule has 14 aromatic rings. The minimum absolute atomic E-state index is 0. The molecule has 1 aliphatic rings. The van der Waals surface area contributed by atoms with Gasteiger partial charge >= 0.3 is 0 Å². The molecule has 1 aliphatic heterocycles. The quantitative estimate of drug-likeness (QED) is 0.149. The largest absolute Gasteiger partial charge is 0.509 e. The van der Waals surface area contributed by atoms with Gasteiger partial charge in [-0.2, -0.15) is 12.1 Å². The monoisotopic (exact) mass is 1300 g/mol. The number of anilines is 2. The molecule has 0 N–H and O–H groups in total. The van der Waals surface area contributed by atoms with Gasteiger partial charge in [-0.15, -0.1) is 35.7 Å². The van der Waals surface area contributed by atoms with Crippen molar-refractivity contribution in [3.05, 3.63) is 254 Å². The normalized spacial score (nSPS) is 13.2. The molecule has 0 spiro atoms. The zero-order valence-electron chi connectivity index (χ0n) is 51.8. The maximum atomic E-state index is 9.64. The van der Waals surface area contributed by atoms with Crippen LogP contribution in [0.1, 0.15) is 81.7 Å². The van der Waals surface area contributed by atoms with Crippen molar-refractivity contribution >= 4 is 98.3 Å². The predicted molar refractivity (Wildman–Crippen MR) is 357 cm³/mol. The average Bonchev–Trinajstić information content (AvgIpc) is 1.68. The molecule has 0 amide bonds. The van der Waals surface area contributed by atoms with E-state index in [9.17, 15) is 2.74 Å². The summed E-state index contributed by atoms with van der Waals surface area (Å²) < 4.78 is 33.2. The van der Waals surface area contributed by atoms with Gasteiger partial charge < -0.3 is 23.3 Å². The van der Waals surface area contributed by atoms with Crippen molar-refractivity contribution in [3.63, 3.8) is 0 Å². The van der Waals surface area contributed by atoms with Crippen LogP contribution in [0.2, 0.25) is 0 Å².